The number of alkyl halides is 2. The van der Waals surface area contributed by atoms with E-state index >= 15 is 0 Å². The van der Waals surface area contributed by atoms with Crippen LogP contribution in [0.2, 0.25) is 5.02 Å². The predicted molar refractivity (Wildman–Crippen MR) is 175 cm³/mol. The Morgan fingerprint density at radius 1 is 1.11 bits per heavy atom. The van der Waals surface area contributed by atoms with Crippen LogP contribution in [-0.4, -0.2) is 51.3 Å². The van der Waals surface area contributed by atoms with Crippen LogP contribution in [-0.2, 0) is 17.8 Å². The van der Waals surface area contributed by atoms with Crippen molar-refractivity contribution in [2.45, 2.75) is 25.4 Å². The smallest absolute Gasteiger partial charge is 0.266 e. The first-order valence-electron chi connectivity index (χ1n) is 14.0. The van der Waals surface area contributed by atoms with Crippen molar-refractivity contribution in [2.24, 2.45) is 0 Å². The Kier molecular flexibility index (Phi) is 10.2. The third-order valence-electron chi connectivity index (χ3n) is 7.21. The van der Waals surface area contributed by atoms with Crippen molar-refractivity contribution in [2.75, 3.05) is 18.6 Å². The Labute approximate surface area is 274 Å². The van der Waals surface area contributed by atoms with E-state index in [1.165, 1.54) is 41.0 Å². The van der Waals surface area contributed by atoms with Gasteiger partial charge >= 0.3 is 0 Å². The molecule has 16 heteroatoms. The molecule has 0 aliphatic carbocycles. The van der Waals surface area contributed by atoms with Crippen molar-refractivity contribution >= 4 is 52.4 Å². The molecule has 5 aromatic rings. The number of aromatic nitrogens is 4. The molecular formula is C31H27ClF4N8O2S. The van der Waals surface area contributed by atoms with Crippen LogP contribution < -0.4 is 20.9 Å². The van der Waals surface area contributed by atoms with Crippen LogP contribution in [0.3, 0.4) is 0 Å². The molecule has 5 rings (SSSR count). The number of benzene rings is 3. The molecule has 0 saturated carbocycles. The molecule has 0 saturated heterocycles. The highest BCUT2D eigenvalue weighted by Gasteiger charge is 2.26. The Balaban J connectivity index is 1.78. The van der Waals surface area contributed by atoms with E-state index in [4.69, 9.17) is 22.0 Å². The number of hydrogen-bond acceptors (Lipinski definition) is 7. The number of amides is 1. The lowest BCUT2D eigenvalue weighted by Gasteiger charge is -2.24. The van der Waals surface area contributed by atoms with Crippen LogP contribution in [0.4, 0.5) is 23.2 Å². The second kappa shape index (κ2) is 14.3. The molecule has 0 aliphatic rings. The highest BCUT2D eigenvalue weighted by Crippen LogP contribution is 2.33. The Hall–Kier alpha value is -4.89. The highest BCUT2D eigenvalue weighted by molar-refractivity contribution is 7.97. The standard InChI is InChI=1S/C31H27ClF4N8O2S/c1-38-28-25(6-5-22(32)27(28)29(37)42-47-2)44-30(24(39-15-45)9-16-7-19(33)11-20(34)8-16)41-23-10-17(3-4-21(23)31(44)46)18-12-40-43(13-18)14-26(35)36/h3-8,10-13,15,24,26,38H,9,14H2,1-2H3,(H2,37,42)(H,39,45). The average molecular weight is 687 g/mol. The van der Waals surface area contributed by atoms with Crippen molar-refractivity contribution in [3.05, 3.63) is 105 Å². The molecule has 1 unspecified atom stereocenters. The maximum absolute atomic E-state index is 14.4. The predicted octanol–water partition coefficient (Wildman–Crippen LogP) is 5.71. The Bertz CT molecular complexity index is 2020. The molecule has 1 amide bonds. The first-order valence-corrected chi connectivity index (χ1v) is 15.6. The van der Waals surface area contributed by atoms with E-state index in [2.05, 4.69) is 20.5 Å². The monoisotopic (exact) mass is 686 g/mol. The van der Waals surface area contributed by atoms with Crippen LogP contribution in [0.15, 0.2) is 65.7 Å². The normalized spacial score (nSPS) is 11.9. The molecule has 10 nitrogen and oxygen atoms in total. The minimum atomic E-state index is -2.60. The van der Waals surface area contributed by atoms with Gasteiger partial charge in [0.05, 0.1) is 45.1 Å². The van der Waals surface area contributed by atoms with E-state index in [1.54, 1.807) is 31.5 Å². The van der Waals surface area contributed by atoms with Crippen molar-refractivity contribution in [3.8, 4) is 16.8 Å². The van der Waals surface area contributed by atoms with Gasteiger partial charge < -0.3 is 15.4 Å². The number of carbonyl (C=O) groups excluding carboxylic acids is 1. The number of anilines is 1. The zero-order valence-electron chi connectivity index (χ0n) is 24.8. The molecule has 244 valence electrons. The van der Waals surface area contributed by atoms with Gasteiger partial charge in [-0.15, -0.1) is 0 Å². The highest BCUT2D eigenvalue weighted by atomic mass is 35.5. The SMILES string of the molecule is CNc1c(-n2c(C(Cc3cc(F)cc(F)c3)NC=O)nc3cc(-c4cnn(CC(F)F)c4)ccc3c2=O)ccc(Cl)c1C(=N)NSC. The van der Waals surface area contributed by atoms with Crippen LogP contribution >= 0.6 is 23.5 Å². The number of rotatable bonds is 12. The Morgan fingerprint density at radius 2 is 1.85 bits per heavy atom. The van der Waals surface area contributed by atoms with E-state index in [1.807, 2.05) is 0 Å². The minimum Gasteiger partial charge on any atom is -0.386 e. The lowest BCUT2D eigenvalue weighted by Crippen LogP contribution is -2.33. The maximum atomic E-state index is 14.4. The third kappa shape index (κ3) is 7.10. The van der Waals surface area contributed by atoms with E-state index in [0.29, 0.717) is 29.3 Å². The number of amidine groups is 1. The number of halogens is 5. The number of nitrogens with one attached hydrogen (secondary N) is 4. The lowest BCUT2D eigenvalue weighted by molar-refractivity contribution is -0.110. The zero-order chi connectivity index (χ0) is 33.8. The summed E-state index contributed by atoms with van der Waals surface area (Å²) in [5, 5.41) is 18.5. The van der Waals surface area contributed by atoms with Crippen LogP contribution in [0, 0.1) is 17.0 Å². The molecule has 4 N–H and O–H groups in total. The molecule has 1 atom stereocenters. The summed E-state index contributed by atoms with van der Waals surface area (Å²) in [5.41, 5.74) is 1.61. The summed E-state index contributed by atoms with van der Waals surface area (Å²) in [6.07, 6.45) is 2.20. The molecule has 0 bridgehead atoms. The van der Waals surface area contributed by atoms with Crippen molar-refractivity contribution < 1.29 is 22.4 Å². The molecule has 0 aliphatic heterocycles. The summed E-state index contributed by atoms with van der Waals surface area (Å²) in [5.74, 6) is -1.71. The molecule has 2 heterocycles. The summed E-state index contributed by atoms with van der Waals surface area (Å²) >= 11 is 7.68. The van der Waals surface area contributed by atoms with Crippen molar-refractivity contribution in [1.82, 2.24) is 29.4 Å². The van der Waals surface area contributed by atoms with Gasteiger partial charge in [0, 0.05) is 37.6 Å². The number of hydrogen-bond donors (Lipinski definition) is 4. The van der Waals surface area contributed by atoms with Crippen LogP contribution in [0.5, 0.6) is 0 Å². The van der Waals surface area contributed by atoms with Gasteiger partial charge in [-0.05, 0) is 47.5 Å². The van der Waals surface area contributed by atoms with Crippen LogP contribution in [0.25, 0.3) is 27.7 Å². The number of carbonyl (C=O) groups is 1. The van der Waals surface area contributed by atoms with Gasteiger partial charge in [0.25, 0.3) is 12.0 Å². The first-order chi connectivity index (χ1) is 22.5. The quantitative estimate of drug-likeness (QED) is 0.0435. The minimum absolute atomic E-state index is 0.000978. The second-order valence-electron chi connectivity index (χ2n) is 10.3. The summed E-state index contributed by atoms with van der Waals surface area (Å²) < 4.78 is 59.4. The summed E-state index contributed by atoms with van der Waals surface area (Å²) in [7, 11) is 1.58. The zero-order valence-corrected chi connectivity index (χ0v) is 26.4. The lowest BCUT2D eigenvalue weighted by atomic mass is 10.0. The second-order valence-corrected chi connectivity index (χ2v) is 11.3. The maximum Gasteiger partial charge on any atom is 0.266 e. The molecule has 0 radical (unpaired) electrons. The Morgan fingerprint density at radius 3 is 2.51 bits per heavy atom. The molecular weight excluding hydrogens is 660 g/mol. The molecule has 0 fully saturated rings. The topological polar surface area (TPSA) is 130 Å². The third-order valence-corrected chi connectivity index (χ3v) is 7.93. The van der Waals surface area contributed by atoms with Gasteiger partial charge in [-0.1, -0.05) is 29.6 Å². The number of fused-ring (bicyclic) bond motifs is 1. The van der Waals surface area contributed by atoms with E-state index in [-0.39, 0.29) is 50.8 Å². The summed E-state index contributed by atoms with van der Waals surface area (Å²) in [4.78, 5) is 31.1. The van der Waals surface area contributed by atoms with Gasteiger partial charge in [0.15, 0.2) is 0 Å². The van der Waals surface area contributed by atoms with Crippen molar-refractivity contribution in [1.29, 1.82) is 5.41 Å². The molecule has 3 aromatic carbocycles. The fourth-order valence-corrected chi connectivity index (χ4v) is 5.84. The van der Waals surface area contributed by atoms with Gasteiger partial charge in [0.1, 0.15) is 29.8 Å². The van der Waals surface area contributed by atoms with E-state index < -0.39 is 36.2 Å². The van der Waals surface area contributed by atoms with Crippen LogP contribution in [0.1, 0.15) is 23.0 Å². The fourth-order valence-electron chi connectivity index (χ4n) is 5.28. The van der Waals surface area contributed by atoms with E-state index in [0.717, 1.165) is 16.8 Å². The van der Waals surface area contributed by atoms with E-state index in [9.17, 15) is 27.2 Å². The largest absolute Gasteiger partial charge is 0.386 e. The first kappa shape index (κ1) is 33.5. The average Bonchev–Trinajstić information content (AvgIpc) is 3.48. The fraction of sp³-hybridized carbons (Fsp3) is 0.194. The van der Waals surface area contributed by atoms with Gasteiger partial charge in [-0.3, -0.25) is 24.2 Å². The summed E-state index contributed by atoms with van der Waals surface area (Å²) in [6, 6.07) is 9.64. The molecule has 0 spiro atoms. The van der Waals surface area contributed by atoms with Crippen molar-refractivity contribution in [3.63, 3.8) is 0 Å². The van der Waals surface area contributed by atoms with Gasteiger partial charge in [0.2, 0.25) is 6.41 Å². The number of nitrogens with zero attached hydrogens (tertiary/aromatic N) is 4. The van der Waals surface area contributed by atoms with Gasteiger partial charge in [-0.25, -0.2) is 22.5 Å². The molecule has 47 heavy (non-hydrogen) atoms. The van der Waals surface area contributed by atoms with Gasteiger partial charge in [-0.2, -0.15) is 5.10 Å². The molecule has 2 aromatic heterocycles. The summed E-state index contributed by atoms with van der Waals surface area (Å²) in [6.45, 7) is -0.596.